The molecule has 2 rings (SSSR count). The van der Waals surface area contributed by atoms with Crippen LogP contribution in [0.5, 0.6) is 0 Å². The van der Waals surface area contributed by atoms with Crippen molar-refractivity contribution in [2.45, 2.75) is 46.1 Å². The van der Waals surface area contributed by atoms with Crippen LogP contribution in [0.15, 0.2) is 23.2 Å². The predicted octanol–water partition coefficient (Wildman–Crippen LogP) is 3.06. The lowest BCUT2D eigenvalue weighted by Gasteiger charge is -2.04. The first-order chi connectivity index (χ1) is 11.1. The predicted molar refractivity (Wildman–Crippen MR) is 91.3 cm³/mol. The first-order valence-corrected chi connectivity index (χ1v) is 8.67. The molecule has 0 fully saturated rings. The average Bonchev–Trinajstić information content (AvgIpc) is 2.89. The summed E-state index contributed by atoms with van der Waals surface area (Å²) in [6.45, 7) is 3.99. The topological polar surface area (TPSA) is 60.7 Å². The summed E-state index contributed by atoms with van der Waals surface area (Å²) in [5.74, 6) is -0.550. The lowest BCUT2D eigenvalue weighted by atomic mass is 10.1. The molecule has 0 N–H and O–H groups in total. The third kappa shape index (κ3) is 4.28. The molecule has 0 unspecified atom stereocenters. The molecule has 0 aliphatic carbocycles. The van der Waals surface area contributed by atoms with Crippen LogP contribution in [0.1, 0.15) is 38.7 Å². The van der Waals surface area contributed by atoms with Crippen LogP contribution in [0.25, 0.3) is 10.2 Å². The van der Waals surface area contributed by atoms with Gasteiger partial charge in [-0.2, -0.15) is 4.99 Å². The highest BCUT2D eigenvalue weighted by Gasteiger charge is 2.12. The molecule has 1 amide bonds. The van der Waals surface area contributed by atoms with Gasteiger partial charge >= 0.3 is 5.97 Å². The van der Waals surface area contributed by atoms with Gasteiger partial charge in [-0.25, -0.2) is 0 Å². The molecule has 124 valence electrons. The molecule has 1 aromatic heterocycles. The number of methoxy groups -OCH3 is 1. The first kappa shape index (κ1) is 17.4. The Morgan fingerprint density at radius 3 is 2.74 bits per heavy atom. The molecule has 2 aromatic rings. The van der Waals surface area contributed by atoms with Gasteiger partial charge in [0, 0.05) is 6.42 Å². The molecule has 0 saturated carbocycles. The van der Waals surface area contributed by atoms with Gasteiger partial charge in [-0.05, 0) is 30.5 Å². The van der Waals surface area contributed by atoms with Crippen molar-refractivity contribution < 1.29 is 14.3 Å². The van der Waals surface area contributed by atoms with Crippen molar-refractivity contribution in [3.05, 3.63) is 28.6 Å². The second-order valence-corrected chi connectivity index (χ2v) is 6.32. The first-order valence-electron chi connectivity index (χ1n) is 7.85. The molecule has 0 saturated heterocycles. The van der Waals surface area contributed by atoms with E-state index in [-0.39, 0.29) is 18.4 Å². The molecule has 1 aromatic carbocycles. The van der Waals surface area contributed by atoms with Crippen LogP contribution >= 0.6 is 11.3 Å². The van der Waals surface area contributed by atoms with Crippen molar-refractivity contribution in [1.82, 2.24) is 4.57 Å². The fourth-order valence-electron chi connectivity index (χ4n) is 2.27. The number of carbonyl (C=O) groups is 2. The van der Waals surface area contributed by atoms with E-state index in [1.165, 1.54) is 24.0 Å². The number of ether oxygens (including phenoxy) is 1. The highest BCUT2D eigenvalue weighted by molar-refractivity contribution is 7.16. The Morgan fingerprint density at radius 1 is 1.30 bits per heavy atom. The smallest absolute Gasteiger partial charge is 0.325 e. The summed E-state index contributed by atoms with van der Waals surface area (Å²) in [6, 6.07) is 6.19. The summed E-state index contributed by atoms with van der Waals surface area (Å²) < 4.78 is 7.54. The zero-order valence-corrected chi connectivity index (χ0v) is 14.6. The minimum atomic E-state index is -0.356. The van der Waals surface area contributed by atoms with Crippen molar-refractivity contribution in [2.24, 2.45) is 4.99 Å². The SMILES string of the molecule is CCCCc1ccc2c(c1)sc(=NC(=O)CC)n2CC(=O)OC. The Morgan fingerprint density at radius 2 is 2.09 bits per heavy atom. The Labute approximate surface area is 139 Å². The molecule has 0 aliphatic rings. The van der Waals surface area contributed by atoms with Gasteiger partial charge in [0.1, 0.15) is 6.54 Å². The second-order valence-electron chi connectivity index (χ2n) is 5.31. The molecule has 0 spiro atoms. The number of unbranched alkanes of at least 4 members (excludes halogenated alkanes) is 1. The largest absolute Gasteiger partial charge is 0.468 e. The molecule has 0 radical (unpaired) electrons. The van der Waals surface area contributed by atoms with Gasteiger partial charge < -0.3 is 9.30 Å². The van der Waals surface area contributed by atoms with Gasteiger partial charge in [-0.3, -0.25) is 9.59 Å². The number of carbonyl (C=O) groups excluding carboxylic acids is 2. The van der Waals surface area contributed by atoms with E-state index in [4.69, 9.17) is 4.74 Å². The van der Waals surface area contributed by atoms with E-state index in [0.717, 1.165) is 29.5 Å². The number of aryl methyl sites for hydroxylation is 1. The number of hydrogen-bond donors (Lipinski definition) is 0. The quantitative estimate of drug-likeness (QED) is 0.763. The molecule has 5 nitrogen and oxygen atoms in total. The molecule has 0 bridgehead atoms. The van der Waals surface area contributed by atoms with Gasteiger partial charge in [0.25, 0.3) is 0 Å². The minimum absolute atomic E-state index is 0.0562. The van der Waals surface area contributed by atoms with Crippen LogP contribution in [-0.4, -0.2) is 23.6 Å². The molecule has 0 aliphatic heterocycles. The Kier molecular flexibility index (Phi) is 6.10. The summed E-state index contributed by atoms with van der Waals surface area (Å²) >= 11 is 1.44. The van der Waals surface area contributed by atoms with E-state index in [1.807, 2.05) is 6.07 Å². The minimum Gasteiger partial charge on any atom is -0.468 e. The van der Waals surface area contributed by atoms with E-state index in [0.29, 0.717) is 11.2 Å². The standard InChI is InChI=1S/C17H22N2O3S/c1-4-6-7-12-8-9-13-14(10-12)23-17(18-15(20)5-2)19(13)11-16(21)22-3/h8-10H,4-7,11H2,1-3H3. The van der Waals surface area contributed by atoms with Crippen molar-refractivity contribution in [1.29, 1.82) is 0 Å². The normalized spacial score (nSPS) is 11.9. The Balaban J connectivity index is 2.53. The second kappa shape index (κ2) is 8.06. The maximum Gasteiger partial charge on any atom is 0.325 e. The zero-order chi connectivity index (χ0) is 16.8. The van der Waals surface area contributed by atoms with Crippen LogP contribution in [0.4, 0.5) is 0 Å². The zero-order valence-electron chi connectivity index (χ0n) is 13.8. The number of fused-ring (bicyclic) bond motifs is 1. The maximum absolute atomic E-state index is 11.7. The van der Waals surface area contributed by atoms with Gasteiger partial charge in [0.15, 0.2) is 4.80 Å². The monoisotopic (exact) mass is 334 g/mol. The third-order valence-corrected chi connectivity index (χ3v) is 4.64. The van der Waals surface area contributed by atoms with Crippen LogP contribution < -0.4 is 4.80 Å². The van der Waals surface area contributed by atoms with E-state index in [9.17, 15) is 9.59 Å². The molecule has 0 atom stereocenters. The molecular formula is C17H22N2O3S. The Hall–Kier alpha value is -1.95. The number of esters is 1. The molecular weight excluding hydrogens is 312 g/mol. The van der Waals surface area contributed by atoms with Crippen LogP contribution in [0.2, 0.25) is 0 Å². The van der Waals surface area contributed by atoms with Gasteiger partial charge in [-0.15, -0.1) is 0 Å². The molecule has 23 heavy (non-hydrogen) atoms. The van der Waals surface area contributed by atoms with Gasteiger partial charge in [-0.1, -0.05) is 37.7 Å². The molecule has 6 heteroatoms. The van der Waals surface area contributed by atoms with Crippen LogP contribution in [0.3, 0.4) is 0 Å². The fourth-order valence-corrected chi connectivity index (χ4v) is 3.38. The number of thiazole rings is 1. The summed E-state index contributed by atoms with van der Waals surface area (Å²) in [6.07, 6.45) is 3.66. The van der Waals surface area contributed by atoms with E-state index < -0.39 is 0 Å². The number of amides is 1. The lowest BCUT2D eigenvalue weighted by Crippen LogP contribution is -2.22. The number of aromatic nitrogens is 1. The van der Waals surface area contributed by atoms with Crippen molar-refractivity contribution in [2.75, 3.05) is 7.11 Å². The summed E-state index contributed by atoms with van der Waals surface area (Å²) in [5, 5.41) is 0. The molecule has 1 heterocycles. The third-order valence-electron chi connectivity index (χ3n) is 3.60. The highest BCUT2D eigenvalue weighted by Crippen LogP contribution is 2.20. The fraction of sp³-hybridized carbons (Fsp3) is 0.471. The number of rotatable bonds is 6. The van der Waals surface area contributed by atoms with E-state index >= 15 is 0 Å². The number of benzene rings is 1. The van der Waals surface area contributed by atoms with Crippen molar-refractivity contribution >= 4 is 33.4 Å². The highest BCUT2D eigenvalue weighted by atomic mass is 32.1. The summed E-state index contributed by atoms with van der Waals surface area (Å²) in [7, 11) is 1.36. The van der Waals surface area contributed by atoms with Crippen LogP contribution in [0, 0.1) is 0 Å². The van der Waals surface area contributed by atoms with Gasteiger partial charge in [0.2, 0.25) is 5.91 Å². The number of hydrogen-bond acceptors (Lipinski definition) is 4. The van der Waals surface area contributed by atoms with Gasteiger partial charge in [0.05, 0.1) is 17.3 Å². The van der Waals surface area contributed by atoms with E-state index in [1.54, 1.807) is 11.5 Å². The maximum atomic E-state index is 11.7. The van der Waals surface area contributed by atoms with Crippen LogP contribution in [-0.2, 0) is 27.3 Å². The van der Waals surface area contributed by atoms with E-state index in [2.05, 4.69) is 24.0 Å². The average molecular weight is 334 g/mol. The summed E-state index contributed by atoms with van der Waals surface area (Å²) in [4.78, 5) is 28.0. The number of nitrogens with zero attached hydrogens (tertiary/aromatic N) is 2. The summed E-state index contributed by atoms with van der Waals surface area (Å²) in [5.41, 5.74) is 2.17. The van der Waals surface area contributed by atoms with Crippen molar-refractivity contribution in [3.63, 3.8) is 0 Å². The Bertz CT molecular complexity index is 774. The lowest BCUT2D eigenvalue weighted by molar-refractivity contribution is -0.141. The van der Waals surface area contributed by atoms with Crippen molar-refractivity contribution in [3.8, 4) is 0 Å².